The number of amides is 5. The van der Waals surface area contributed by atoms with Crippen LogP contribution in [-0.4, -0.2) is 143 Å². The lowest BCUT2D eigenvalue weighted by atomic mass is 9.95. The number of urea groups is 1. The summed E-state index contributed by atoms with van der Waals surface area (Å²) in [6, 6.07) is 13.0. The number of Topliss-reactive ketones (excluding diaryl/α,β-unsaturated/α-hetero) is 1. The Balaban J connectivity index is 0.00000149. The number of nitrogens with two attached hydrogens (primary N) is 3. The molecule has 5 amide bonds. The summed E-state index contributed by atoms with van der Waals surface area (Å²) in [5, 5.41) is 21.0. The zero-order valence-electron chi connectivity index (χ0n) is 43.7. The first-order valence-electron chi connectivity index (χ1n) is 24.7. The molecule has 21 heteroatoms. The molecule has 0 aromatic heterocycles. The minimum atomic E-state index is -1.11. The summed E-state index contributed by atoms with van der Waals surface area (Å²) >= 11 is 0. The molecule has 0 saturated heterocycles. The van der Waals surface area contributed by atoms with Crippen molar-refractivity contribution in [3.8, 4) is 0 Å². The molecule has 0 spiro atoms. The first-order valence-corrected chi connectivity index (χ1v) is 24.7. The Kier molecular flexibility index (Phi) is 32.8. The Morgan fingerprint density at radius 2 is 1.36 bits per heavy atom. The van der Waals surface area contributed by atoms with E-state index in [2.05, 4.69) is 21.3 Å². The third kappa shape index (κ3) is 24.9. The highest BCUT2D eigenvalue weighted by molar-refractivity contribution is 6.01. The molecule has 404 valence electrons. The topological polar surface area (TPSA) is 309 Å². The molecule has 11 N–H and O–H groups in total. The summed E-state index contributed by atoms with van der Waals surface area (Å²) in [6.45, 7) is 16.6. The number of carboxylic acid groups (broad SMARTS) is 1. The number of likely N-dealkylation sites (N-methyl/N-ethyl adjacent to an activating group) is 1. The van der Waals surface area contributed by atoms with Crippen molar-refractivity contribution in [1.82, 2.24) is 26.3 Å². The quantitative estimate of drug-likeness (QED) is 0.0226. The van der Waals surface area contributed by atoms with Crippen molar-refractivity contribution in [1.29, 1.82) is 0 Å². The molecule has 2 aromatic carbocycles. The van der Waals surface area contributed by atoms with Crippen LogP contribution in [0.3, 0.4) is 0 Å². The fourth-order valence-electron chi connectivity index (χ4n) is 7.05. The monoisotopic (exact) mass is 1010 g/mol. The Bertz CT molecular complexity index is 2000. The summed E-state index contributed by atoms with van der Waals surface area (Å²) in [7, 11) is 1.74. The van der Waals surface area contributed by atoms with Crippen LogP contribution in [0, 0.1) is 11.8 Å². The second kappa shape index (κ2) is 36.9. The van der Waals surface area contributed by atoms with E-state index in [1.807, 2.05) is 81.1 Å². The van der Waals surface area contributed by atoms with E-state index in [9.17, 15) is 33.6 Å². The largest absolute Gasteiger partial charge is 0.481 e. The number of hydrogen-bond donors (Lipinski definition) is 8. The van der Waals surface area contributed by atoms with Gasteiger partial charge in [0, 0.05) is 36.9 Å². The molecule has 0 fully saturated rings. The number of carboxylic acids is 1. The van der Waals surface area contributed by atoms with E-state index in [0.717, 1.165) is 28.8 Å². The zero-order chi connectivity index (χ0) is 54.0. The van der Waals surface area contributed by atoms with Gasteiger partial charge in [0.2, 0.25) is 17.7 Å². The number of ketones is 1. The van der Waals surface area contributed by atoms with Crippen molar-refractivity contribution in [2.24, 2.45) is 29.1 Å². The highest BCUT2D eigenvalue weighted by Gasteiger charge is 2.29. The van der Waals surface area contributed by atoms with Crippen LogP contribution in [0.15, 0.2) is 48.5 Å². The molecule has 0 bridgehead atoms. The molecule has 2 aromatic rings. The van der Waals surface area contributed by atoms with E-state index in [-0.39, 0.29) is 68.7 Å². The lowest BCUT2D eigenvalue weighted by Crippen LogP contribution is -2.51. The van der Waals surface area contributed by atoms with Gasteiger partial charge in [-0.05, 0) is 56.7 Å². The van der Waals surface area contributed by atoms with Crippen molar-refractivity contribution in [2.75, 3.05) is 77.9 Å². The number of primary amides is 1. The number of fused-ring (bicyclic) bond motifs is 2. The summed E-state index contributed by atoms with van der Waals surface area (Å²) < 4.78 is 22.4. The molecule has 72 heavy (non-hydrogen) atoms. The van der Waals surface area contributed by atoms with Gasteiger partial charge in [0.1, 0.15) is 18.1 Å². The molecule has 3 rings (SSSR count). The summed E-state index contributed by atoms with van der Waals surface area (Å²) in [5.41, 5.74) is 16.1. The van der Waals surface area contributed by atoms with Crippen LogP contribution in [-0.2, 0) is 54.3 Å². The average Bonchev–Trinajstić information content (AvgIpc) is 3.33. The maximum atomic E-state index is 13.5. The van der Waals surface area contributed by atoms with Gasteiger partial charge in [0.15, 0.2) is 0 Å². The number of para-hydroxylation sites is 1. The number of hydrazine groups is 1. The lowest BCUT2D eigenvalue weighted by Gasteiger charge is -2.33. The predicted molar refractivity (Wildman–Crippen MR) is 277 cm³/mol. The van der Waals surface area contributed by atoms with Crippen LogP contribution in [0.5, 0.6) is 0 Å². The van der Waals surface area contributed by atoms with Crippen molar-refractivity contribution in [3.63, 3.8) is 0 Å². The van der Waals surface area contributed by atoms with Gasteiger partial charge >= 0.3 is 12.0 Å². The van der Waals surface area contributed by atoms with Gasteiger partial charge in [0.05, 0.1) is 95.1 Å². The van der Waals surface area contributed by atoms with E-state index in [4.69, 9.17) is 41.4 Å². The standard InChI is InChI=1S/C41H60N6O10.C8H17N3O2.C2H6/c1-28(2)25-37(50)46-26-30-9-5-6-10-31(30)39(42)40(32-11-7-8-12-35(32)46)47(43)16-18-55-20-22-57-24-23-56-21-19-54-17-15-36(49)44-33(13-14-38(51)52)41(53)45-34(27-48)29(3)4;1-6(12)7(10-2)4-3-5-11-8(9)13;1-2/h5-12,27-29,33-34H,13-26,42-43H2,1-4H3,(H,44,49)(H,45,53)(H,51,52);7,10H,3-5H2,1-2H3,(H3,9,11,13);1-2H3/b40-39-;;. The summed E-state index contributed by atoms with van der Waals surface area (Å²) in [6.07, 6.45) is 1.98. The van der Waals surface area contributed by atoms with E-state index >= 15 is 0 Å². The number of nitrogens with zero attached hydrogens (tertiary/aromatic N) is 2. The maximum absolute atomic E-state index is 13.5. The zero-order valence-corrected chi connectivity index (χ0v) is 43.7. The molecule has 1 aliphatic rings. The summed E-state index contributed by atoms with van der Waals surface area (Å²) in [5.74, 6) is 4.62. The number of hydrogen-bond acceptors (Lipinski definition) is 15. The minimum Gasteiger partial charge on any atom is -0.481 e. The van der Waals surface area contributed by atoms with E-state index in [1.165, 1.54) is 0 Å². The first kappa shape index (κ1) is 64.0. The molecule has 0 radical (unpaired) electrons. The first-order chi connectivity index (χ1) is 34.4. The van der Waals surface area contributed by atoms with Crippen LogP contribution in [0.4, 0.5) is 10.5 Å². The molecule has 0 aliphatic carbocycles. The van der Waals surface area contributed by atoms with Gasteiger partial charge in [-0.3, -0.25) is 24.0 Å². The average molecular weight is 1010 g/mol. The van der Waals surface area contributed by atoms with Gasteiger partial charge < -0.3 is 71.5 Å². The highest BCUT2D eigenvalue weighted by atomic mass is 16.6. The molecule has 0 saturated carbocycles. The SMILES string of the molecule is CC.CC(C)CC(=O)N1Cc2ccccc2/C(N)=C(/N(N)CCOCCOCCOCCOCCC(=O)NC(CCC(=O)O)C(=O)NC(C=O)C(C)C)c2ccccc21.CNC(CCCNC(N)=O)C(C)=O. The van der Waals surface area contributed by atoms with E-state index in [0.29, 0.717) is 83.2 Å². The van der Waals surface area contributed by atoms with Gasteiger partial charge in [-0.2, -0.15) is 0 Å². The number of carbonyl (C=O) groups excluding carboxylic acids is 6. The van der Waals surface area contributed by atoms with Crippen LogP contribution >= 0.6 is 0 Å². The minimum absolute atomic E-state index is 0.0276. The molecule has 3 atom stereocenters. The third-order valence-corrected chi connectivity index (χ3v) is 10.9. The van der Waals surface area contributed by atoms with Gasteiger partial charge in [0.25, 0.3) is 0 Å². The number of rotatable bonds is 32. The number of benzene rings is 2. The van der Waals surface area contributed by atoms with Crippen LogP contribution in [0.25, 0.3) is 11.4 Å². The van der Waals surface area contributed by atoms with Crippen molar-refractivity contribution in [3.05, 3.63) is 65.2 Å². The van der Waals surface area contributed by atoms with Gasteiger partial charge in [-0.15, -0.1) is 0 Å². The fraction of sp³-hybridized carbons (Fsp3) is 0.588. The molecular weight excluding hydrogens is 931 g/mol. The fourth-order valence-corrected chi connectivity index (χ4v) is 7.05. The number of anilines is 1. The molecular formula is C51H83N9O12. The second-order valence-electron chi connectivity index (χ2n) is 17.3. The molecule has 21 nitrogen and oxygen atoms in total. The number of aliphatic carboxylic acids is 1. The highest BCUT2D eigenvalue weighted by Crippen LogP contribution is 2.37. The molecule has 1 aliphatic heterocycles. The van der Waals surface area contributed by atoms with Crippen LogP contribution < -0.4 is 43.5 Å². The second-order valence-corrected chi connectivity index (χ2v) is 17.3. The number of nitrogens with one attached hydrogen (secondary N) is 4. The molecule has 1 heterocycles. The summed E-state index contributed by atoms with van der Waals surface area (Å²) in [4.78, 5) is 83.8. The molecule has 3 unspecified atom stereocenters. The Morgan fingerprint density at radius 1 is 0.792 bits per heavy atom. The van der Waals surface area contributed by atoms with Crippen molar-refractivity contribution in [2.45, 2.75) is 112 Å². The maximum Gasteiger partial charge on any atom is 0.312 e. The van der Waals surface area contributed by atoms with Crippen LogP contribution in [0.1, 0.15) is 104 Å². The van der Waals surface area contributed by atoms with E-state index < -0.39 is 35.9 Å². The lowest BCUT2D eigenvalue weighted by molar-refractivity contribution is -0.138. The van der Waals surface area contributed by atoms with Crippen LogP contribution in [0.2, 0.25) is 0 Å². The smallest absolute Gasteiger partial charge is 0.312 e. The third-order valence-electron chi connectivity index (χ3n) is 10.9. The number of ether oxygens (including phenoxy) is 4. The number of carbonyl (C=O) groups is 7. The van der Waals surface area contributed by atoms with Crippen molar-refractivity contribution >= 4 is 58.9 Å². The number of aldehydes is 1. The van der Waals surface area contributed by atoms with Crippen molar-refractivity contribution < 1.29 is 57.6 Å². The van der Waals surface area contributed by atoms with Gasteiger partial charge in [-0.25, -0.2) is 10.6 Å². The van der Waals surface area contributed by atoms with E-state index in [1.54, 1.807) is 32.8 Å². The Morgan fingerprint density at radius 3 is 1.90 bits per heavy atom. The normalized spacial score (nSPS) is 14.1. The predicted octanol–water partition coefficient (Wildman–Crippen LogP) is 3.32. The Labute approximate surface area is 425 Å². The Hall–Kier alpha value is -5.97. The van der Waals surface area contributed by atoms with Gasteiger partial charge in [-0.1, -0.05) is 84.0 Å².